The topological polar surface area (TPSA) is 37.3 Å². The largest absolute Gasteiger partial charge is 0.481 e. The van der Waals surface area contributed by atoms with E-state index in [4.69, 9.17) is 5.11 Å². The van der Waals surface area contributed by atoms with Gasteiger partial charge >= 0.3 is 5.97 Å². The molecule has 2 aromatic carbocycles. The van der Waals surface area contributed by atoms with E-state index in [0.717, 1.165) is 28.7 Å². The van der Waals surface area contributed by atoms with Crippen molar-refractivity contribution in [2.75, 3.05) is 0 Å². The molecule has 0 amide bonds. The summed E-state index contributed by atoms with van der Waals surface area (Å²) in [6.45, 7) is 2.30. The number of hydrogen-bond donors (Lipinski definition) is 1. The molecular weight excluding hydrogens is 395 g/mol. The van der Waals surface area contributed by atoms with E-state index in [2.05, 4.69) is 19.1 Å². The third-order valence-corrected chi connectivity index (χ3v) is 7.20. The van der Waals surface area contributed by atoms with Gasteiger partial charge in [-0.15, -0.1) is 11.3 Å². The summed E-state index contributed by atoms with van der Waals surface area (Å²) in [4.78, 5) is 13.2. The van der Waals surface area contributed by atoms with Crippen molar-refractivity contribution in [2.24, 2.45) is 0 Å². The van der Waals surface area contributed by atoms with Gasteiger partial charge < -0.3 is 5.11 Å². The first-order chi connectivity index (χ1) is 14.4. The molecule has 0 spiro atoms. The van der Waals surface area contributed by atoms with Crippen LogP contribution in [0.3, 0.4) is 0 Å². The molecule has 0 unspecified atom stereocenters. The van der Waals surface area contributed by atoms with Gasteiger partial charge in [0.2, 0.25) is 0 Å². The van der Waals surface area contributed by atoms with E-state index in [-0.39, 0.29) is 12.2 Å². The lowest BCUT2D eigenvalue weighted by molar-refractivity contribution is -0.137. The molecule has 0 aliphatic heterocycles. The average Bonchev–Trinajstić information content (AvgIpc) is 3.27. The summed E-state index contributed by atoms with van der Waals surface area (Å²) in [5, 5.41) is 8.75. The van der Waals surface area contributed by atoms with Crippen molar-refractivity contribution >= 4 is 29.5 Å². The molecular formula is C26H25FO2S. The Kier molecular flexibility index (Phi) is 5.87. The molecule has 1 fully saturated rings. The molecule has 0 atom stereocenters. The molecule has 154 valence electrons. The summed E-state index contributed by atoms with van der Waals surface area (Å²) < 4.78 is 13.9. The fourth-order valence-electron chi connectivity index (χ4n) is 3.56. The zero-order valence-electron chi connectivity index (χ0n) is 17.0. The Balaban J connectivity index is 1.51. The number of rotatable bonds is 8. The van der Waals surface area contributed by atoms with Gasteiger partial charge in [0.15, 0.2) is 0 Å². The highest BCUT2D eigenvalue weighted by Crippen LogP contribution is 2.51. The van der Waals surface area contributed by atoms with Crippen molar-refractivity contribution in [3.8, 4) is 10.4 Å². The zero-order valence-corrected chi connectivity index (χ0v) is 17.8. The molecule has 0 bridgehead atoms. The second kappa shape index (κ2) is 8.57. The summed E-state index contributed by atoms with van der Waals surface area (Å²) in [6, 6.07) is 17.4. The molecule has 1 saturated carbocycles. The van der Waals surface area contributed by atoms with Crippen LogP contribution in [0.15, 0.2) is 54.6 Å². The first-order valence-corrected chi connectivity index (χ1v) is 11.1. The van der Waals surface area contributed by atoms with E-state index >= 15 is 0 Å². The van der Waals surface area contributed by atoms with Crippen LogP contribution in [0.25, 0.3) is 22.6 Å². The van der Waals surface area contributed by atoms with E-state index in [1.165, 1.54) is 28.7 Å². The second-order valence-corrected chi connectivity index (χ2v) is 9.36. The number of thiophene rings is 1. The van der Waals surface area contributed by atoms with E-state index < -0.39 is 5.97 Å². The summed E-state index contributed by atoms with van der Waals surface area (Å²) in [5.41, 5.74) is 4.42. The van der Waals surface area contributed by atoms with E-state index in [1.54, 1.807) is 6.07 Å². The maximum atomic E-state index is 13.9. The maximum absolute atomic E-state index is 13.9. The number of aryl methyl sites for hydroxylation is 1. The maximum Gasteiger partial charge on any atom is 0.303 e. The molecule has 1 N–H and O–H groups in total. The Bertz CT molecular complexity index is 1070. The van der Waals surface area contributed by atoms with E-state index in [0.29, 0.717) is 11.8 Å². The van der Waals surface area contributed by atoms with Crippen molar-refractivity contribution < 1.29 is 14.3 Å². The number of carboxylic acid groups (broad SMARTS) is 1. The van der Waals surface area contributed by atoms with Crippen LogP contribution in [0.2, 0.25) is 0 Å². The summed E-state index contributed by atoms with van der Waals surface area (Å²) in [5.74, 6) is -0.998. The fraction of sp³-hybridized carbons (Fsp3) is 0.269. The molecule has 1 heterocycles. The average molecular weight is 421 g/mol. The lowest BCUT2D eigenvalue weighted by Gasteiger charge is -2.06. The third kappa shape index (κ3) is 4.88. The number of carbonyl (C=O) groups is 1. The van der Waals surface area contributed by atoms with Crippen molar-refractivity contribution in [1.82, 2.24) is 0 Å². The standard InChI is InChI=1S/C26H25FO2S/c1-26(15-16-26)24-14-13-23(30-24)22-12-11-21(27)17-20(22)10-9-19-7-5-18(6-8-19)3-2-4-25(28)29/h5-14,17H,2-4,15-16H2,1H3,(H,28,29). The van der Waals surface area contributed by atoms with Gasteiger partial charge in [-0.05, 0) is 72.2 Å². The Morgan fingerprint density at radius 1 is 1.10 bits per heavy atom. The van der Waals surface area contributed by atoms with Crippen LogP contribution in [-0.2, 0) is 16.6 Å². The number of hydrogen-bond acceptors (Lipinski definition) is 2. The summed E-state index contributed by atoms with van der Waals surface area (Å²) in [6.07, 6.45) is 8.04. The lowest BCUT2D eigenvalue weighted by Crippen LogP contribution is -1.95. The SMILES string of the molecule is CC1(c2ccc(-c3ccc(F)cc3C=Cc3ccc(CCCC(=O)O)cc3)s2)CC1. The second-order valence-electron chi connectivity index (χ2n) is 8.28. The van der Waals surface area contributed by atoms with Gasteiger partial charge in [0, 0.05) is 21.6 Å². The van der Waals surface area contributed by atoms with Gasteiger partial charge in [-0.2, -0.15) is 0 Å². The van der Waals surface area contributed by atoms with Gasteiger partial charge in [0.05, 0.1) is 0 Å². The van der Waals surface area contributed by atoms with Crippen LogP contribution in [0, 0.1) is 5.82 Å². The molecule has 0 radical (unpaired) electrons. The van der Waals surface area contributed by atoms with Crippen LogP contribution in [0.5, 0.6) is 0 Å². The highest BCUT2D eigenvalue weighted by Gasteiger charge is 2.40. The van der Waals surface area contributed by atoms with Crippen molar-refractivity contribution in [1.29, 1.82) is 0 Å². The molecule has 4 rings (SSSR count). The minimum Gasteiger partial charge on any atom is -0.481 e. The molecule has 4 heteroatoms. The molecule has 1 aliphatic carbocycles. The van der Waals surface area contributed by atoms with Gasteiger partial charge in [0.1, 0.15) is 5.82 Å². The van der Waals surface area contributed by atoms with E-state index in [1.807, 2.05) is 53.8 Å². The van der Waals surface area contributed by atoms with Crippen LogP contribution in [0.1, 0.15) is 54.2 Å². The normalized spacial score (nSPS) is 14.9. The molecule has 2 nitrogen and oxygen atoms in total. The molecule has 3 aromatic rings. The summed E-state index contributed by atoms with van der Waals surface area (Å²) >= 11 is 1.81. The zero-order chi connectivity index (χ0) is 21.1. The molecule has 0 saturated heterocycles. The van der Waals surface area contributed by atoms with Crippen LogP contribution >= 0.6 is 11.3 Å². The first-order valence-electron chi connectivity index (χ1n) is 10.3. The quantitative estimate of drug-likeness (QED) is 0.392. The lowest BCUT2D eigenvalue weighted by atomic mass is 10.0. The van der Waals surface area contributed by atoms with Gasteiger partial charge in [-0.3, -0.25) is 4.79 Å². The molecule has 30 heavy (non-hydrogen) atoms. The van der Waals surface area contributed by atoms with Crippen molar-refractivity contribution in [3.63, 3.8) is 0 Å². The molecule has 1 aliphatic rings. The Labute approximate surface area is 180 Å². The van der Waals surface area contributed by atoms with Crippen LogP contribution < -0.4 is 0 Å². The number of benzene rings is 2. The minimum atomic E-state index is -0.760. The number of halogens is 1. The Morgan fingerprint density at radius 3 is 2.57 bits per heavy atom. The smallest absolute Gasteiger partial charge is 0.303 e. The Morgan fingerprint density at radius 2 is 1.87 bits per heavy atom. The highest BCUT2D eigenvalue weighted by atomic mass is 32.1. The van der Waals surface area contributed by atoms with Crippen LogP contribution in [0.4, 0.5) is 4.39 Å². The third-order valence-electron chi connectivity index (χ3n) is 5.77. The monoisotopic (exact) mass is 420 g/mol. The van der Waals surface area contributed by atoms with Crippen molar-refractivity contribution in [3.05, 3.63) is 82.0 Å². The first kappa shape index (κ1) is 20.5. The highest BCUT2D eigenvalue weighted by molar-refractivity contribution is 7.15. The summed E-state index contributed by atoms with van der Waals surface area (Å²) in [7, 11) is 0. The fourth-order valence-corrected chi connectivity index (χ4v) is 4.82. The Hall–Kier alpha value is -2.72. The van der Waals surface area contributed by atoms with Gasteiger partial charge in [-0.25, -0.2) is 4.39 Å². The predicted molar refractivity (Wildman–Crippen MR) is 122 cm³/mol. The minimum absolute atomic E-state index is 0.188. The number of aliphatic carboxylic acids is 1. The van der Waals surface area contributed by atoms with Gasteiger partial charge in [-0.1, -0.05) is 49.4 Å². The number of carboxylic acids is 1. The predicted octanol–water partition coefficient (Wildman–Crippen LogP) is 7.18. The molecule has 1 aromatic heterocycles. The van der Waals surface area contributed by atoms with E-state index in [9.17, 15) is 9.18 Å². The van der Waals surface area contributed by atoms with Crippen LogP contribution in [-0.4, -0.2) is 11.1 Å². The van der Waals surface area contributed by atoms with Gasteiger partial charge in [0.25, 0.3) is 0 Å². The van der Waals surface area contributed by atoms with Crippen molar-refractivity contribution in [2.45, 2.75) is 44.4 Å².